The molecule has 1 aromatic carbocycles. The van der Waals surface area contributed by atoms with E-state index in [4.69, 9.17) is 10.8 Å². The molecule has 1 aliphatic rings. The first-order valence-electron chi connectivity index (χ1n) is 7.34. The van der Waals surface area contributed by atoms with Crippen LogP contribution in [0.2, 0.25) is 0 Å². The molecule has 0 saturated heterocycles. The first kappa shape index (κ1) is 16.5. The smallest absolute Gasteiger partial charge is 0.335 e. The van der Waals surface area contributed by atoms with Crippen LogP contribution in [-0.4, -0.2) is 23.2 Å². The average molecular weight is 278 g/mol. The van der Waals surface area contributed by atoms with E-state index in [1.165, 1.54) is 44.2 Å². The maximum absolute atomic E-state index is 10.3. The largest absolute Gasteiger partial charge is 0.478 e. The number of rotatable bonds is 3. The van der Waals surface area contributed by atoms with E-state index in [0.29, 0.717) is 11.7 Å². The molecule has 1 fully saturated rings. The first-order chi connectivity index (χ1) is 9.49. The van der Waals surface area contributed by atoms with Gasteiger partial charge in [-0.2, -0.15) is 0 Å². The van der Waals surface area contributed by atoms with Gasteiger partial charge in [0.2, 0.25) is 0 Å². The molecule has 0 aliphatic heterocycles. The third kappa shape index (κ3) is 6.57. The molecule has 4 heteroatoms. The Labute approximate surface area is 121 Å². The summed E-state index contributed by atoms with van der Waals surface area (Å²) >= 11 is 0. The van der Waals surface area contributed by atoms with E-state index in [1.54, 1.807) is 12.1 Å². The maximum Gasteiger partial charge on any atom is 0.335 e. The Morgan fingerprint density at radius 1 is 1.20 bits per heavy atom. The Kier molecular flexibility index (Phi) is 7.09. The minimum Gasteiger partial charge on any atom is -0.478 e. The molecule has 0 spiro atoms. The van der Waals surface area contributed by atoms with Crippen molar-refractivity contribution in [2.75, 3.05) is 5.73 Å². The SMILES string of the molecule is CC(C)NC1CCCCC1.Nc1ccc(C(=O)O)cc1. The van der Waals surface area contributed by atoms with Gasteiger partial charge in [0, 0.05) is 17.8 Å². The Bertz CT molecular complexity index is 395. The fourth-order valence-electron chi connectivity index (χ4n) is 2.37. The topological polar surface area (TPSA) is 75.3 Å². The molecule has 0 amide bonds. The first-order valence-corrected chi connectivity index (χ1v) is 7.34. The minimum absolute atomic E-state index is 0.259. The van der Waals surface area contributed by atoms with E-state index in [2.05, 4.69) is 19.2 Å². The number of benzene rings is 1. The molecular formula is C16H26N2O2. The lowest BCUT2D eigenvalue weighted by atomic mass is 9.95. The molecule has 2 rings (SSSR count). The van der Waals surface area contributed by atoms with Crippen molar-refractivity contribution in [1.82, 2.24) is 5.32 Å². The van der Waals surface area contributed by atoms with E-state index >= 15 is 0 Å². The number of anilines is 1. The highest BCUT2D eigenvalue weighted by Crippen LogP contribution is 2.17. The van der Waals surface area contributed by atoms with Crippen molar-refractivity contribution < 1.29 is 9.90 Å². The van der Waals surface area contributed by atoms with E-state index < -0.39 is 5.97 Å². The number of carboxylic acids is 1. The second-order valence-corrected chi connectivity index (χ2v) is 5.58. The molecule has 0 heterocycles. The van der Waals surface area contributed by atoms with Crippen molar-refractivity contribution in [3.8, 4) is 0 Å². The number of carbonyl (C=O) groups is 1. The second-order valence-electron chi connectivity index (χ2n) is 5.58. The fraction of sp³-hybridized carbons (Fsp3) is 0.562. The fourth-order valence-corrected chi connectivity index (χ4v) is 2.37. The lowest BCUT2D eigenvalue weighted by Crippen LogP contribution is -2.35. The van der Waals surface area contributed by atoms with Gasteiger partial charge in [-0.3, -0.25) is 0 Å². The van der Waals surface area contributed by atoms with Gasteiger partial charge in [0.15, 0.2) is 0 Å². The molecule has 1 aromatic rings. The molecule has 1 saturated carbocycles. The molecule has 0 unspecified atom stereocenters. The molecule has 1 aliphatic carbocycles. The van der Waals surface area contributed by atoms with Crippen LogP contribution in [0.25, 0.3) is 0 Å². The van der Waals surface area contributed by atoms with E-state index in [0.717, 1.165) is 6.04 Å². The van der Waals surface area contributed by atoms with Gasteiger partial charge in [-0.15, -0.1) is 0 Å². The van der Waals surface area contributed by atoms with Gasteiger partial charge in [-0.1, -0.05) is 33.1 Å². The van der Waals surface area contributed by atoms with Gasteiger partial charge in [0.05, 0.1) is 5.56 Å². The van der Waals surface area contributed by atoms with Crippen molar-refractivity contribution in [3.05, 3.63) is 29.8 Å². The summed E-state index contributed by atoms with van der Waals surface area (Å²) in [7, 11) is 0. The molecule has 20 heavy (non-hydrogen) atoms. The monoisotopic (exact) mass is 278 g/mol. The molecular weight excluding hydrogens is 252 g/mol. The highest BCUT2D eigenvalue weighted by molar-refractivity contribution is 5.87. The Morgan fingerprint density at radius 3 is 2.20 bits per heavy atom. The van der Waals surface area contributed by atoms with Gasteiger partial charge in [0.1, 0.15) is 0 Å². The van der Waals surface area contributed by atoms with Crippen LogP contribution in [0.3, 0.4) is 0 Å². The molecule has 0 radical (unpaired) electrons. The van der Waals surface area contributed by atoms with Crippen LogP contribution in [0.5, 0.6) is 0 Å². The Hall–Kier alpha value is -1.55. The van der Waals surface area contributed by atoms with Crippen LogP contribution >= 0.6 is 0 Å². The molecule has 0 aromatic heterocycles. The van der Waals surface area contributed by atoms with Crippen molar-refractivity contribution in [1.29, 1.82) is 0 Å². The number of hydrogen-bond acceptors (Lipinski definition) is 3. The van der Waals surface area contributed by atoms with Gasteiger partial charge in [-0.05, 0) is 37.1 Å². The standard InChI is InChI=1S/C9H19N.C7H7NO2/c1-8(2)10-9-6-4-3-5-7-9;8-6-3-1-5(2-4-6)7(9)10/h8-10H,3-7H2,1-2H3;1-4H,8H2,(H,9,10). The highest BCUT2D eigenvalue weighted by atomic mass is 16.4. The molecule has 0 bridgehead atoms. The van der Waals surface area contributed by atoms with Gasteiger partial charge < -0.3 is 16.2 Å². The zero-order valence-corrected chi connectivity index (χ0v) is 12.4. The zero-order chi connectivity index (χ0) is 15.0. The zero-order valence-electron chi connectivity index (χ0n) is 12.4. The molecule has 112 valence electrons. The molecule has 0 atom stereocenters. The lowest BCUT2D eigenvalue weighted by molar-refractivity contribution is 0.0697. The number of nitrogen functional groups attached to an aromatic ring is 1. The summed E-state index contributed by atoms with van der Waals surface area (Å²) in [6.45, 7) is 4.46. The third-order valence-electron chi connectivity index (χ3n) is 3.33. The van der Waals surface area contributed by atoms with Gasteiger partial charge in [0.25, 0.3) is 0 Å². The highest BCUT2D eigenvalue weighted by Gasteiger charge is 2.12. The summed E-state index contributed by atoms with van der Waals surface area (Å²) in [6, 6.07) is 7.55. The summed E-state index contributed by atoms with van der Waals surface area (Å²) in [5.74, 6) is -0.931. The van der Waals surface area contributed by atoms with Crippen LogP contribution in [-0.2, 0) is 0 Å². The van der Waals surface area contributed by atoms with E-state index in [9.17, 15) is 4.79 Å². The average Bonchev–Trinajstić information content (AvgIpc) is 2.40. The molecule has 4 nitrogen and oxygen atoms in total. The summed E-state index contributed by atoms with van der Waals surface area (Å²) < 4.78 is 0. The normalized spacial score (nSPS) is 15.6. The van der Waals surface area contributed by atoms with Crippen molar-refractivity contribution >= 4 is 11.7 Å². The van der Waals surface area contributed by atoms with Crippen LogP contribution < -0.4 is 11.1 Å². The van der Waals surface area contributed by atoms with Gasteiger partial charge >= 0.3 is 5.97 Å². The van der Waals surface area contributed by atoms with Crippen LogP contribution in [0.1, 0.15) is 56.3 Å². The third-order valence-corrected chi connectivity index (χ3v) is 3.33. The number of hydrogen-bond donors (Lipinski definition) is 3. The lowest BCUT2D eigenvalue weighted by Gasteiger charge is -2.24. The van der Waals surface area contributed by atoms with Crippen LogP contribution in [0, 0.1) is 0 Å². The van der Waals surface area contributed by atoms with E-state index in [-0.39, 0.29) is 5.56 Å². The molecule has 4 N–H and O–H groups in total. The van der Waals surface area contributed by atoms with Crippen LogP contribution in [0.15, 0.2) is 24.3 Å². The number of nitrogens with one attached hydrogen (secondary N) is 1. The Balaban J connectivity index is 0.000000200. The van der Waals surface area contributed by atoms with Crippen LogP contribution in [0.4, 0.5) is 5.69 Å². The number of nitrogens with two attached hydrogens (primary N) is 1. The maximum atomic E-state index is 10.3. The second kappa shape index (κ2) is 8.59. The van der Waals surface area contributed by atoms with Crippen molar-refractivity contribution in [2.24, 2.45) is 0 Å². The summed E-state index contributed by atoms with van der Waals surface area (Å²) in [5.41, 5.74) is 6.17. The van der Waals surface area contributed by atoms with E-state index in [1.807, 2.05) is 0 Å². The number of aromatic carboxylic acids is 1. The van der Waals surface area contributed by atoms with Crippen molar-refractivity contribution in [3.63, 3.8) is 0 Å². The number of carboxylic acid groups (broad SMARTS) is 1. The quantitative estimate of drug-likeness (QED) is 0.742. The predicted molar refractivity (Wildman–Crippen MR) is 83.0 cm³/mol. The summed E-state index contributed by atoms with van der Waals surface area (Å²) in [5, 5.41) is 12.0. The summed E-state index contributed by atoms with van der Waals surface area (Å²) in [6.07, 6.45) is 7.13. The van der Waals surface area contributed by atoms with Gasteiger partial charge in [-0.25, -0.2) is 4.79 Å². The van der Waals surface area contributed by atoms with Crippen molar-refractivity contribution in [2.45, 2.75) is 58.0 Å². The predicted octanol–water partition coefficient (Wildman–Crippen LogP) is 3.28. The Morgan fingerprint density at radius 2 is 1.75 bits per heavy atom. The summed E-state index contributed by atoms with van der Waals surface area (Å²) in [4.78, 5) is 10.3. The minimum atomic E-state index is -0.931.